The first-order valence-corrected chi connectivity index (χ1v) is 7.08. The van der Waals surface area contributed by atoms with E-state index in [4.69, 9.17) is 9.47 Å². The minimum absolute atomic E-state index is 0.156. The third-order valence-corrected chi connectivity index (χ3v) is 3.54. The van der Waals surface area contributed by atoms with E-state index in [-0.39, 0.29) is 12.1 Å². The normalized spacial score (nSPS) is 25.1. The number of rotatable bonds is 7. The van der Waals surface area contributed by atoms with Gasteiger partial charge < -0.3 is 9.47 Å². The summed E-state index contributed by atoms with van der Waals surface area (Å²) in [5.41, 5.74) is 0.250. The minimum Gasteiger partial charge on any atom is -0.463 e. The van der Waals surface area contributed by atoms with E-state index in [9.17, 15) is 4.79 Å². The summed E-state index contributed by atoms with van der Waals surface area (Å²) in [5, 5.41) is 0. The lowest BCUT2D eigenvalue weighted by molar-refractivity contribution is -0.149. The van der Waals surface area contributed by atoms with Crippen LogP contribution in [0.15, 0.2) is 30.3 Å². The van der Waals surface area contributed by atoms with Crippen LogP contribution in [-0.2, 0) is 14.3 Å². The van der Waals surface area contributed by atoms with Crippen molar-refractivity contribution in [3.8, 4) is 0 Å². The average molecular weight is 262 g/mol. The number of ether oxygens (including phenoxy) is 2. The molecule has 0 N–H and O–H groups in total. The third kappa shape index (κ3) is 3.35. The van der Waals surface area contributed by atoms with Gasteiger partial charge in [-0.2, -0.15) is 0 Å². The van der Waals surface area contributed by atoms with Gasteiger partial charge >= 0.3 is 5.97 Å². The average Bonchev–Trinajstić information content (AvgIpc) is 3.13. The van der Waals surface area contributed by atoms with Crippen LogP contribution in [0.1, 0.15) is 51.2 Å². The van der Waals surface area contributed by atoms with Crippen molar-refractivity contribution >= 4 is 5.97 Å². The number of hydrogen-bond donors (Lipinski definition) is 0. The Morgan fingerprint density at radius 1 is 1.26 bits per heavy atom. The van der Waals surface area contributed by atoms with Crippen LogP contribution in [-0.4, -0.2) is 18.2 Å². The van der Waals surface area contributed by atoms with Crippen LogP contribution in [0.25, 0.3) is 0 Å². The minimum atomic E-state index is -0.786. The van der Waals surface area contributed by atoms with Gasteiger partial charge in [-0.1, -0.05) is 56.5 Å². The Hall–Kier alpha value is -1.35. The summed E-state index contributed by atoms with van der Waals surface area (Å²) < 4.78 is 10.9. The van der Waals surface area contributed by atoms with Crippen molar-refractivity contribution in [1.82, 2.24) is 0 Å². The Bertz CT molecular complexity index is 415. The van der Waals surface area contributed by atoms with Crippen LogP contribution < -0.4 is 0 Å². The van der Waals surface area contributed by atoms with Gasteiger partial charge in [-0.25, -0.2) is 4.79 Å². The predicted molar refractivity (Wildman–Crippen MR) is 73.8 cm³/mol. The highest BCUT2D eigenvalue weighted by Gasteiger charge is 2.60. The fourth-order valence-corrected chi connectivity index (χ4v) is 2.22. The molecule has 104 valence electrons. The highest BCUT2D eigenvalue weighted by Crippen LogP contribution is 2.50. The first kappa shape index (κ1) is 14.1. The molecule has 0 saturated carbocycles. The number of carbonyl (C=O) groups excluding carboxylic acids is 1. The molecule has 3 heteroatoms. The lowest BCUT2D eigenvalue weighted by Crippen LogP contribution is -2.24. The van der Waals surface area contributed by atoms with Crippen LogP contribution in [0.4, 0.5) is 0 Å². The molecule has 1 aliphatic heterocycles. The molecule has 19 heavy (non-hydrogen) atoms. The van der Waals surface area contributed by atoms with E-state index in [0.717, 1.165) is 18.4 Å². The second-order valence-electron chi connectivity index (χ2n) is 5.21. The molecule has 1 aromatic carbocycles. The second-order valence-corrected chi connectivity index (χ2v) is 5.21. The smallest absolute Gasteiger partial charge is 0.341 e. The molecule has 0 aliphatic carbocycles. The highest BCUT2D eigenvalue weighted by molar-refractivity contribution is 5.83. The molecule has 0 bridgehead atoms. The first-order chi connectivity index (χ1) is 9.18. The van der Waals surface area contributed by atoms with E-state index in [1.54, 1.807) is 6.92 Å². The molecule has 0 radical (unpaired) electrons. The largest absolute Gasteiger partial charge is 0.463 e. The topological polar surface area (TPSA) is 38.8 Å². The van der Waals surface area contributed by atoms with Crippen LogP contribution in [0.5, 0.6) is 0 Å². The lowest BCUT2D eigenvalue weighted by atomic mass is 10.0. The summed E-state index contributed by atoms with van der Waals surface area (Å²) in [4.78, 5) is 12.0. The van der Waals surface area contributed by atoms with E-state index in [0.29, 0.717) is 6.61 Å². The Kier molecular flexibility index (Phi) is 4.59. The summed E-state index contributed by atoms with van der Waals surface area (Å²) in [6, 6.07) is 9.81. The van der Waals surface area contributed by atoms with Crippen molar-refractivity contribution < 1.29 is 14.3 Å². The third-order valence-electron chi connectivity index (χ3n) is 3.54. The molecule has 1 aromatic rings. The summed E-state index contributed by atoms with van der Waals surface area (Å²) >= 11 is 0. The Balaban J connectivity index is 1.78. The fourth-order valence-electron chi connectivity index (χ4n) is 2.22. The molecular weight excluding hydrogens is 240 g/mol. The Morgan fingerprint density at radius 2 is 2.00 bits per heavy atom. The molecule has 2 atom stereocenters. The van der Waals surface area contributed by atoms with Gasteiger partial charge in [-0.05, 0) is 18.9 Å². The molecule has 1 heterocycles. The van der Waals surface area contributed by atoms with E-state index in [1.165, 1.54) is 12.8 Å². The fraction of sp³-hybridized carbons (Fsp3) is 0.562. The Morgan fingerprint density at radius 3 is 2.68 bits per heavy atom. The monoisotopic (exact) mass is 262 g/mol. The molecule has 0 aromatic heterocycles. The maximum Gasteiger partial charge on any atom is 0.341 e. The second kappa shape index (κ2) is 6.20. The van der Waals surface area contributed by atoms with Crippen molar-refractivity contribution in [2.24, 2.45) is 0 Å². The van der Waals surface area contributed by atoms with Gasteiger partial charge in [0, 0.05) is 0 Å². The van der Waals surface area contributed by atoms with Crippen molar-refractivity contribution in [1.29, 1.82) is 0 Å². The molecular formula is C16H22O3. The van der Waals surface area contributed by atoms with Crippen molar-refractivity contribution in [2.75, 3.05) is 6.61 Å². The van der Waals surface area contributed by atoms with Crippen molar-refractivity contribution in [3.63, 3.8) is 0 Å². The maximum atomic E-state index is 12.0. The molecule has 1 aliphatic rings. The van der Waals surface area contributed by atoms with Gasteiger partial charge in [0.15, 0.2) is 5.60 Å². The number of benzene rings is 1. The molecule has 0 amide bonds. The SMILES string of the molecule is CCCCCCOC(=O)[C@]1(C)O[C@@H]1c1ccccc1. The zero-order valence-corrected chi connectivity index (χ0v) is 11.7. The summed E-state index contributed by atoms with van der Waals surface area (Å²) in [6.45, 7) is 4.47. The summed E-state index contributed by atoms with van der Waals surface area (Å²) in [5.74, 6) is -0.238. The Labute approximate surface area is 114 Å². The number of hydrogen-bond acceptors (Lipinski definition) is 3. The van der Waals surface area contributed by atoms with Crippen LogP contribution >= 0.6 is 0 Å². The quantitative estimate of drug-likeness (QED) is 0.428. The molecule has 3 nitrogen and oxygen atoms in total. The lowest BCUT2D eigenvalue weighted by Gasteiger charge is -2.08. The number of unbranched alkanes of at least 4 members (excludes halogenated alkanes) is 3. The maximum absolute atomic E-state index is 12.0. The van der Waals surface area contributed by atoms with Gasteiger partial charge in [0.1, 0.15) is 6.10 Å². The molecule has 0 unspecified atom stereocenters. The number of carbonyl (C=O) groups is 1. The predicted octanol–water partition coefficient (Wildman–Crippen LogP) is 3.64. The first-order valence-electron chi connectivity index (χ1n) is 7.08. The zero-order valence-electron chi connectivity index (χ0n) is 11.7. The van der Waals surface area contributed by atoms with Crippen LogP contribution in [0, 0.1) is 0 Å². The molecule has 1 saturated heterocycles. The van der Waals surface area contributed by atoms with Crippen molar-refractivity contribution in [2.45, 2.75) is 51.2 Å². The van der Waals surface area contributed by atoms with Crippen LogP contribution in [0.3, 0.4) is 0 Å². The van der Waals surface area contributed by atoms with E-state index < -0.39 is 5.60 Å². The van der Waals surface area contributed by atoms with Gasteiger partial charge in [-0.3, -0.25) is 0 Å². The molecule has 1 fully saturated rings. The van der Waals surface area contributed by atoms with Gasteiger partial charge in [0.2, 0.25) is 0 Å². The number of epoxide rings is 1. The van der Waals surface area contributed by atoms with Crippen molar-refractivity contribution in [3.05, 3.63) is 35.9 Å². The van der Waals surface area contributed by atoms with E-state index in [1.807, 2.05) is 30.3 Å². The zero-order chi connectivity index (χ0) is 13.7. The summed E-state index contributed by atoms with van der Waals surface area (Å²) in [7, 11) is 0. The summed E-state index contributed by atoms with van der Waals surface area (Å²) in [6.07, 6.45) is 4.27. The number of esters is 1. The van der Waals surface area contributed by atoms with Gasteiger partial charge in [-0.15, -0.1) is 0 Å². The van der Waals surface area contributed by atoms with Gasteiger partial charge in [0.25, 0.3) is 0 Å². The van der Waals surface area contributed by atoms with Gasteiger partial charge in [0.05, 0.1) is 6.61 Å². The molecule has 0 spiro atoms. The molecule has 2 rings (SSSR count). The van der Waals surface area contributed by atoms with E-state index >= 15 is 0 Å². The standard InChI is InChI=1S/C16H22O3/c1-3-4-5-9-12-18-15(17)16(2)14(19-16)13-10-7-6-8-11-13/h6-8,10-11,14H,3-5,9,12H2,1-2H3/t14-,16-/m1/s1. The van der Waals surface area contributed by atoms with Crippen LogP contribution in [0.2, 0.25) is 0 Å². The van der Waals surface area contributed by atoms with E-state index in [2.05, 4.69) is 6.92 Å². The highest BCUT2D eigenvalue weighted by atomic mass is 16.7.